The Balaban J connectivity index is 2.76. The number of aromatic nitrogens is 3. The van der Waals surface area contributed by atoms with Crippen LogP contribution in [0.15, 0.2) is 12.7 Å². The molecule has 0 fully saturated rings. The number of aliphatic hydroxyl groups excluding tert-OH is 1. The third kappa shape index (κ3) is 3.39. The van der Waals surface area contributed by atoms with Gasteiger partial charge in [-0.25, -0.2) is 9.48 Å². The second-order valence-electron chi connectivity index (χ2n) is 3.65. The van der Waals surface area contributed by atoms with Crippen LogP contribution < -0.4 is 0 Å². The highest BCUT2D eigenvalue weighted by Crippen LogP contribution is 2.07. The van der Waals surface area contributed by atoms with Crippen LogP contribution in [0.2, 0.25) is 0 Å². The molecule has 0 amide bonds. The van der Waals surface area contributed by atoms with Crippen LogP contribution >= 0.6 is 0 Å². The lowest BCUT2D eigenvalue weighted by atomic mass is 10.2. The van der Waals surface area contributed by atoms with Gasteiger partial charge < -0.3 is 9.84 Å². The highest BCUT2D eigenvalue weighted by atomic mass is 16.5. The number of esters is 1. The normalized spacial score (nSPS) is 12.2. The van der Waals surface area contributed by atoms with E-state index in [2.05, 4.69) is 16.9 Å². The molecular formula is C11H17N3O3. The van der Waals surface area contributed by atoms with Crippen molar-refractivity contribution in [1.82, 2.24) is 15.0 Å². The second kappa shape index (κ2) is 6.15. The Kier molecular flexibility index (Phi) is 4.84. The van der Waals surface area contributed by atoms with Gasteiger partial charge in [-0.15, -0.1) is 5.10 Å². The number of ether oxygens (including phenoxy) is 1. The lowest BCUT2D eigenvalue weighted by molar-refractivity contribution is 0.0541. The Bertz CT molecular complexity index is 401. The van der Waals surface area contributed by atoms with Gasteiger partial charge in [-0.2, -0.15) is 0 Å². The van der Waals surface area contributed by atoms with Crippen LogP contribution in [0.4, 0.5) is 0 Å². The van der Waals surface area contributed by atoms with Gasteiger partial charge in [-0.05, 0) is 13.3 Å². The highest BCUT2D eigenvalue weighted by molar-refractivity contribution is 5.88. The summed E-state index contributed by atoms with van der Waals surface area (Å²) in [5, 5.41) is 17.1. The summed E-state index contributed by atoms with van der Waals surface area (Å²) in [6.07, 6.45) is 1.61. The topological polar surface area (TPSA) is 77.2 Å². The van der Waals surface area contributed by atoms with E-state index in [0.29, 0.717) is 18.7 Å². The average molecular weight is 239 g/mol. The van der Waals surface area contributed by atoms with Gasteiger partial charge in [-0.1, -0.05) is 24.8 Å². The van der Waals surface area contributed by atoms with Crippen molar-refractivity contribution in [3.8, 4) is 0 Å². The predicted molar refractivity (Wildman–Crippen MR) is 61.5 cm³/mol. The maximum atomic E-state index is 11.5. The maximum Gasteiger partial charge on any atom is 0.361 e. The van der Waals surface area contributed by atoms with Crippen LogP contribution in [0, 0.1) is 6.92 Å². The summed E-state index contributed by atoms with van der Waals surface area (Å²) in [6, 6.07) is 0. The molecular weight excluding hydrogens is 222 g/mol. The van der Waals surface area contributed by atoms with Gasteiger partial charge in [0.25, 0.3) is 0 Å². The fourth-order valence-corrected chi connectivity index (χ4v) is 1.25. The minimum Gasteiger partial charge on any atom is -0.457 e. The molecule has 0 aromatic carbocycles. The number of aliphatic hydroxyl groups is 1. The Hall–Kier alpha value is -1.69. The van der Waals surface area contributed by atoms with Gasteiger partial charge in [0.05, 0.1) is 18.3 Å². The molecule has 0 bridgehead atoms. The molecule has 0 aliphatic carbocycles. The third-order valence-corrected chi connectivity index (χ3v) is 2.36. The summed E-state index contributed by atoms with van der Waals surface area (Å²) in [5.41, 5.74) is 0.765. The second-order valence-corrected chi connectivity index (χ2v) is 3.65. The van der Waals surface area contributed by atoms with Crippen molar-refractivity contribution < 1.29 is 14.6 Å². The van der Waals surface area contributed by atoms with Gasteiger partial charge >= 0.3 is 5.97 Å². The first-order valence-electron chi connectivity index (χ1n) is 5.46. The van der Waals surface area contributed by atoms with Crippen LogP contribution in [-0.4, -0.2) is 38.8 Å². The van der Waals surface area contributed by atoms with E-state index < -0.39 is 12.1 Å². The summed E-state index contributed by atoms with van der Waals surface area (Å²) in [6.45, 7) is 7.50. The number of nitrogens with zero attached hydrogens (tertiary/aromatic N) is 3. The Morgan fingerprint density at radius 3 is 3.00 bits per heavy atom. The Labute approximate surface area is 99.9 Å². The largest absolute Gasteiger partial charge is 0.457 e. The standard InChI is InChI=1S/C11H17N3O3/c1-4-6-17-11(16)10-8(3)14(13-12-10)7-9(15)5-2/h4,9,15H,1,5-7H2,2-3H3. The van der Waals surface area contributed by atoms with Crippen molar-refractivity contribution in [2.45, 2.75) is 32.9 Å². The molecule has 1 aromatic rings. The summed E-state index contributed by atoms with van der Waals surface area (Å²) in [5.74, 6) is -0.528. The van der Waals surface area contributed by atoms with Gasteiger partial charge in [0.2, 0.25) is 0 Å². The van der Waals surface area contributed by atoms with Crippen LogP contribution in [0.1, 0.15) is 29.5 Å². The molecule has 1 heterocycles. The molecule has 0 radical (unpaired) electrons. The predicted octanol–water partition coefficient (Wildman–Crippen LogP) is 0.700. The van der Waals surface area contributed by atoms with E-state index in [9.17, 15) is 9.90 Å². The van der Waals surface area contributed by atoms with Crippen LogP contribution in [-0.2, 0) is 11.3 Å². The van der Waals surface area contributed by atoms with Gasteiger partial charge in [0, 0.05) is 0 Å². The Morgan fingerprint density at radius 1 is 1.71 bits per heavy atom. The first-order valence-corrected chi connectivity index (χ1v) is 5.46. The molecule has 1 unspecified atom stereocenters. The summed E-state index contributed by atoms with van der Waals surface area (Å²) < 4.78 is 6.37. The van der Waals surface area contributed by atoms with E-state index >= 15 is 0 Å². The Morgan fingerprint density at radius 2 is 2.41 bits per heavy atom. The molecule has 1 atom stereocenters. The number of hydrogen-bond donors (Lipinski definition) is 1. The van der Waals surface area contributed by atoms with Crippen molar-refractivity contribution in [3.63, 3.8) is 0 Å². The van der Waals surface area contributed by atoms with Crippen molar-refractivity contribution in [2.75, 3.05) is 6.61 Å². The molecule has 0 aliphatic heterocycles. The minimum absolute atomic E-state index is 0.142. The van der Waals surface area contributed by atoms with Crippen molar-refractivity contribution >= 4 is 5.97 Å². The quantitative estimate of drug-likeness (QED) is 0.584. The van der Waals surface area contributed by atoms with E-state index in [-0.39, 0.29) is 12.3 Å². The number of carbonyl (C=O) groups is 1. The first kappa shape index (κ1) is 13.4. The fourth-order valence-electron chi connectivity index (χ4n) is 1.25. The van der Waals surface area contributed by atoms with Crippen LogP contribution in [0.25, 0.3) is 0 Å². The van der Waals surface area contributed by atoms with E-state index in [4.69, 9.17) is 4.74 Å². The number of hydrogen-bond acceptors (Lipinski definition) is 5. The summed E-state index contributed by atoms with van der Waals surface area (Å²) in [4.78, 5) is 11.5. The summed E-state index contributed by atoms with van der Waals surface area (Å²) >= 11 is 0. The van der Waals surface area contributed by atoms with E-state index in [1.165, 1.54) is 10.8 Å². The molecule has 1 aromatic heterocycles. The molecule has 6 heteroatoms. The molecule has 17 heavy (non-hydrogen) atoms. The molecule has 6 nitrogen and oxygen atoms in total. The zero-order chi connectivity index (χ0) is 12.8. The van der Waals surface area contributed by atoms with Crippen molar-refractivity contribution in [1.29, 1.82) is 0 Å². The molecule has 1 rings (SSSR count). The van der Waals surface area contributed by atoms with Gasteiger partial charge in [0.15, 0.2) is 5.69 Å². The number of rotatable bonds is 6. The smallest absolute Gasteiger partial charge is 0.361 e. The number of carbonyl (C=O) groups excluding carboxylic acids is 1. The molecule has 94 valence electrons. The molecule has 0 saturated carbocycles. The van der Waals surface area contributed by atoms with E-state index in [1.807, 2.05) is 6.92 Å². The zero-order valence-corrected chi connectivity index (χ0v) is 10.1. The molecule has 0 aliphatic rings. The van der Waals surface area contributed by atoms with Crippen molar-refractivity contribution in [2.24, 2.45) is 0 Å². The third-order valence-electron chi connectivity index (χ3n) is 2.36. The van der Waals surface area contributed by atoms with Gasteiger partial charge in [-0.3, -0.25) is 0 Å². The van der Waals surface area contributed by atoms with E-state index in [0.717, 1.165) is 0 Å². The SMILES string of the molecule is C=CCOC(=O)c1nnn(CC(O)CC)c1C. The zero-order valence-electron chi connectivity index (χ0n) is 10.1. The summed E-state index contributed by atoms with van der Waals surface area (Å²) in [7, 11) is 0. The average Bonchev–Trinajstić information content (AvgIpc) is 2.68. The van der Waals surface area contributed by atoms with Gasteiger partial charge in [0.1, 0.15) is 6.61 Å². The van der Waals surface area contributed by atoms with Crippen molar-refractivity contribution in [3.05, 3.63) is 24.0 Å². The molecule has 1 N–H and O–H groups in total. The fraction of sp³-hybridized carbons (Fsp3) is 0.545. The van der Waals surface area contributed by atoms with E-state index in [1.54, 1.807) is 6.92 Å². The lowest BCUT2D eigenvalue weighted by Crippen LogP contribution is -2.17. The molecule has 0 saturated heterocycles. The monoisotopic (exact) mass is 239 g/mol. The first-order chi connectivity index (χ1) is 8.10. The minimum atomic E-state index is -0.528. The highest BCUT2D eigenvalue weighted by Gasteiger charge is 2.18. The van der Waals surface area contributed by atoms with Crippen LogP contribution in [0.3, 0.4) is 0 Å². The van der Waals surface area contributed by atoms with Crippen LogP contribution in [0.5, 0.6) is 0 Å². The maximum absolute atomic E-state index is 11.5. The lowest BCUT2D eigenvalue weighted by Gasteiger charge is -2.08. The molecule has 0 spiro atoms.